The number of nitrogens with one attached hydrogen (secondary N) is 1. The van der Waals surface area contributed by atoms with Gasteiger partial charge in [0.25, 0.3) is 0 Å². The monoisotopic (exact) mass is 357 g/mol. The van der Waals surface area contributed by atoms with Gasteiger partial charge in [-0.2, -0.15) is 0 Å². The maximum Gasteiger partial charge on any atom is 0.129 e. The van der Waals surface area contributed by atoms with E-state index in [2.05, 4.69) is 5.32 Å². The third-order valence-corrected chi connectivity index (χ3v) is 4.31. The van der Waals surface area contributed by atoms with E-state index in [9.17, 15) is 0 Å². The van der Waals surface area contributed by atoms with Gasteiger partial charge in [-0.15, -0.1) is 0 Å². The zero-order chi connectivity index (χ0) is 18.2. The number of hydrogen-bond donors (Lipinski definition) is 3. The van der Waals surface area contributed by atoms with Crippen LogP contribution in [0.3, 0.4) is 0 Å². The van der Waals surface area contributed by atoms with Gasteiger partial charge in [-0.3, -0.25) is 0 Å². The van der Waals surface area contributed by atoms with Crippen molar-refractivity contribution in [3.05, 3.63) is 42.5 Å². The zero-order valence-electron chi connectivity index (χ0n) is 14.9. The number of nitrogens with two attached hydrogens (primary N) is 2. The minimum Gasteiger partial charge on any atom is -0.494 e. The average Bonchev–Trinajstić information content (AvgIpc) is 2.67. The summed E-state index contributed by atoms with van der Waals surface area (Å²) in [6, 6.07) is 12.8. The fourth-order valence-electron chi connectivity index (χ4n) is 2.83. The molecule has 140 valence electrons. The fourth-order valence-corrected chi connectivity index (χ4v) is 2.83. The van der Waals surface area contributed by atoms with Crippen LogP contribution >= 0.6 is 0 Å². The van der Waals surface area contributed by atoms with Gasteiger partial charge >= 0.3 is 0 Å². The molecule has 1 saturated heterocycles. The summed E-state index contributed by atoms with van der Waals surface area (Å²) in [5.41, 5.74) is 12.6. The van der Waals surface area contributed by atoms with E-state index < -0.39 is 0 Å². The zero-order valence-corrected chi connectivity index (χ0v) is 14.9. The molecule has 2 aromatic carbocycles. The molecule has 0 bridgehead atoms. The second kappa shape index (κ2) is 9.31. The van der Waals surface area contributed by atoms with Crippen LogP contribution in [-0.4, -0.2) is 32.4 Å². The summed E-state index contributed by atoms with van der Waals surface area (Å²) in [7, 11) is 0. The molecule has 1 aliphatic rings. The molecular formula is C20H27N3O3. The molecule has 1 atom stereocenters. The highest BCUT2D eigenvalue weighted by atomic mass is 16.5. The molecule has 0 amide bonds. The Morgan fingerprint density at radius 3 is 2.46 bits per heavy atom. The summed E-state index contributed by atoms with van der Waals surface area (Å²) < 4.78 is 17.2. The highest BCUT2D eigenvalue weighted by molar-refractivity contribution is 5.65. The van der Waals surface area contributed by atoms with Gasteiger partial charge in [0, 0.05) is 19.2 Å². The Bertz CT molecular complexity index is 685. The highest BCUT2D eigenvalue weighted by Crippen LogP contribution is 2.27. The molecule has 26 heavy (non-hydrogen) atoms. The van der Waals surface area contributed by atoms with Gasteiger partial charge in [0.1, 0.15) is 17.2 Å². The Hall–Kier alpha value is -2.44. The van der Waals surface area contributed by atoms with Crippen molar-refractivity contribution in [1.82, 2.24) is 5.32 Å². The van der Waals surface area contributed by atoms with Crippen molar-refractivity contribution in [2.24, 2.45) is 0 Å². The van der Waals surface area contributed by atoms with E-state index in [1.54, 1.807) is 18.2 Å². The molecule has 0 radical (unpaired) electrons. The van der Waals surface area contributed by atoms with Crippen molar-refractivity contribution in [2.75, 3.05) is 37.8 Å². The van der Waals surface area contributed by atoms with Gasteiger partial charge in [-0.25, -0.2) is 0 Å². The lowest BCUT2D eigenvalue weighted by Gasteiger charge is -2.23. The van der Waals surface area contributed by atoms with E-state index in [0.717, 1.165) is 50.5 Å². The second-order valence-electron chi connectivity index (χ2n) is 6.41. The Balaban J connectivity index is 1.37. The summed E-state index contributed by atoms with van der Waals surface area (Å²) >= 11 is 0. The van der Waals surface area contributed by atoms with Gasteiger partial charge in [0.15, 0.2) is 0 Å². The molecule has 6 nitrogen and oxygen atoms in total. The third kappa shape index (κ3) is 5.54. The molecule has 0 aliphatic carbocycles. The van der Waals surface area contributed by atoms with Crippen LogP contribution in [0.2, 0.25) is 0 Å². The topological polar surface area (TPSA) is 91.8 Å². The molecule has 1 unspecified atom stereocenters. The quantitative estimate of drug-likeness (QED) is 0.496. The predicted octanol–water partition coefficient (Wildman–Crippen LogP) is 3.18. The smallest absolute Gasteiger partial charge is 0.129 e. The van der Waals surface area contributed by atoms with E-state index in [-0.39, 0.29) is 0 Å². The first-order valence-electron chi connectivity index (χ1n) is 9.09. The van der Waals surface area contributed by atoms with Crippen LogP contribution in [0.1, 0.15) is 19.3 Å². The molecule has 1 fully saturated rings. The Morgan fingerprint density at radius 1 is 0.962 bits per heavy atom. The lowest BCUT2D eigenvalue weighted by molar-refractivity contribution is 0.0216. The minimum atomic E-state index is 0.350. The molecule has 1 heterocycles. The van der Waals surface area contributed by atoms with Crippen LogP contribution in [-0.2, 0) is 4.74 Å². The number of hydrogen-bond acceptors (Lipinski definition) is 6. The van der Waals surface area contributed by atoms with Crippen LogP contribution in [0, 0.1) is 0 Å². The Kier molecular flexibility index (Phi) is 6.57. The number of morpholine rings is 1. The van der Waals surface area contributed by atoms with Crippen LogP contribution in [0.4, 0.5) is 11.4 Å². The summed E-state index contributed by atoms with van der Waals surface area (Å²) in [5, 5.41) is 3.35. The Labute approximate surface area is 154 Å². The van der Waals surface area contributed by atoms with Gasteiger partial charge < -0.3 is 31.0 Å². The maximum absolute atomic E-state index is 5.79. The number of benzene rings is 2. The predicted molar refractivity (Wildman–Crippen MR) is 104 cm³/mol. The van der Waals surface area contributed by atoms with Gasteiger partial charge in [-0.05, 0) is 55.7 Å². The van der Waals surface area contributed by atoms with Crippen molar-refractivity contribution in [3.63, 3.8) is 0 Å². The maximum atomic E-state index is 5.79. The molecule has 1 aliphatic heterocycles. The number of anilines is 2. The number of ether oxygens (including phenoxy) is 3. The van der Waals surface area contributed by atoms with Crippen LogP contribution in [0.5, 0.6) is 17.2 Å². The first-order valence-corrected chi connectivity index (χ1v) is 9.09. The molecule has 2 aromatic rings. The molecule has 6 heteroatoms. The van der Waals surface area contributed by atoms with E-state index in [1.807, 2.05) is 24.3 Å². The molecular weight excluding hydrogens is 330 g/mol. The first-order chi connectivity index (χ1) is 12.7. The SMILES string of the molecule is Nc1ccc(Oc2ccc(OCCCCC3CNCCO3)cc2)cc1N. The van der Waals surface area contributed by atoms with Gasteiger partial charge in [0.2, 0.25) is 0 Å². The van der Waals surface area contributed by atoms with Crippen molar-refractivity contribution in [1.29, 1.82) is 0 Å². The Morgan fingerprint density at radius 2 is 1.73 bits per heavy atom. The van der Waals surface area contributed by atoms with Crippen LogP contribution in [0.15, 0.2) is 42.5 Å². The first kappa shape index (κ1) is 18.4. The van der Waals surface area contributed by atoms with Gasteiger partial charge in [0.05, 0.1) is 30.7 Å². The minimum absolute atomic E-state index is 0.350. The number of unbranched alkanes of at least 4 members (excludes halogenated alkanes) is 1. The number of rotatable bonds is 8. The molecule has 0 aromatic heterocycles. The van der Waals surface area contributed by atoms with Crippen LogP contribution < -0.4 is 26.3 Å². The summed E-state index contributed by atoms with van der Waals surface area (Å²) in [5.74, 6) is 2.22. The largest absolute Gasteiger partial charge is 0.494 e. The molecule has 0 spiro atoms. The second-order valence-corrected chi connectivity index (χ2v) is 6.41. The van der Waals surface area contributed by atoms with E-state index in [4.69, 9.17) is 25.7 Å². The van der Waals surface area contributed by atoms with Crippen molar-refractivity contribution < 1.29 is 14.2 Å². The van der Waals surface area contributed by atoms with Crippen molar-refractivity contribution in [3.8, 4) is 17.2 Å². The third-order valence-electron chi connectivity index (χ3n) is 4.31. The lowest BCUT2D eigenvalue weighted by atomic mass is 10.1. The van der Waals surface area contributed by atoms with Crippen molar-refractivity contribution >= 4 is 11.4 Å². The standard InChI is InChI=1S/C20H27N3O3/c21-19-9-8-17(13-20(19)22)26-16-6-4-15(5-7-16)24-11-2-1-3-18-14-23-10-12-25-18/h4-9,13,18,23H,1-3,10-12,14,21-22H2. The number of nitrogen functional groups attached to an aromatic ring is 2. The summed E-state index contributed by atoms with van der Waals surface area (Å²) in [4.78, 5) is 0. The van der Waals surface area contributed by atoms with E-state index >= 15 is 0 Å². The molecule has 0 saturated carbocycles. The molecule has 5 N–H and O–H groups in total. The highest BCUT2D eigenvalue weighted by Gasteiger charge is 2.12. The average molecular weight is 357 g/mol. The normalized spacial score (nSPS) is 17.0. The lowest BCUT2D eigenvalue weighted by Crippen LogP contribution is -2.38. The summed E-state index contributed by atoms with van der Waals surface area (Å²) in [6.07, 6.45) is 3.55. The van der Waals surface area contributed by atoms with E-state index in [1.165, 1.54) is 0 Å². The molecule has 3 rings (SSSR count). The van der Waals surface area contributed by atoms with Crippen LogP contribution in [0.25, 0.3) is 0 Å². The summed E-state index contributed by atoms with van der Waals surface area (Å²) in [6.45, 7) is 3.44. The van der Waals surface area contributed by atoms with E-state index in [0.29, 0.717) is 29.8 Å². The van der Waals surface area contributed by atoms with Gasteiger partial charge in [-0.1, -0.05) is 0 Å². The fraction of sp³-hybridized carbons (Fsp3) is 0.400. The van der Waals surface area contributed by atoms with Crippen molar-refractivity contribution in [2.45, 2.75) is 25.4 Å².